The standard InChI is InChI=1S/C9H18NO4P/c1-3-5-6-10-8-15(12,13-4-2)14-7-9(10)11/h3-8H2,1-2H3. The first kappa shape index (κ1) is 12.7. The Bertz CT molecular complexity index is 269. The van der Waals surface area contributed by atoms with Crippen molar-refractivity contribution >= 4 is 13.5 Å². The number of carbonyl (C=O) groups is 1. The van der Waals surface area contributed by atoms with Crippen molar-refractivity contribution in [3.05, 3.63) is 0 Å². The second-order valence-corrected chi connectivity index (χ2v) is 5.48. The van der Waals surface area contributed by atoms with Gasteiger partial charge in [-0.25, -0.2) is 0 Å². The van der Waals surface area contributed by atoms with Gasteiger partial charge in [-0.05, 0) is 13.3 Å². The summed E-state index contributed by atoms with van der Waals surface area (Å²) < 4.78 is 22.0. The first-order valence-electron chi connectivity index (χ1n) is 5.27. The predicted molar refractivity (Wildman–Crippen MR) is 56.7 cm³/mol. The van der Waals surface area contributed by atoms with Crippen LogP contribution in [0, 0.1) is 0 Å². The fraction of sp³-hybridized carbons (Fsp3) is 0.889. The van der Waals surface area contributed by atoms with Crippen LogP contribution in [-0.4, -0.2) is 36.9 Å². The number of rotatable bonds is 5. The van der Waals surface area contributed by atoms with E-state index in [2.05, 4.69) is 0 Å². The third-order valence-electron chi connectivity index (χ3n) is 2.19. The summed E-state index contributed by atoms with van der Waals surface area (Å²) >= 11 is 0. The molecule has 5 nitrogen and oxygen atoms in total. The van der Waals surface area contributed by atoms with Crippen LogP contribution >= 0.6 is 7.60 Å². The molecular formula is C9H18NO4P. The van der Waals surface area contributed by atoms with Gasteiger partial charge in [-0.15, -0.1) is 0 Å². The summed E-state index contributed by atoms with van der Waals surface area (Å²) in [5, 5.41) is 0. The van der Waals surface area contributed by atoms with Gasteiger partial charge in [0, 0.05) is 6.54 Å². The minimum atomic E-state index is -3.04. The van der Waals surface area contributed by atoms with Crippen molar-refractivity contribution in [3.63, 3.8) is 0 Å². The molecule has 0 aromatic rings. The van der Waals surface area contributed by atoms with Crippen LogP contribution in [0.25, 0.3) is 0 Å². The quantitative estimate of drug-likeness (QED) is 0.682. The fourth-order valence-electron chi connectivity index (χ4n) is 1.39. The molecule has 1 aliphatic heterocycles. The van der Waals surface area contributed by atoms with Crippen LogP contribution in [0.5, 0.6) is 0 Å². The van der Waals surface area contributed by atoms with Gasteiger partial charge in [-0.3, -0.25) is 13.9 Å². The average Bonchev–Trinajstić information content (AvgIpc) is 2.20. The van der Waals surface area contributed by atoms with E-state index >= 15 is 0 Å². The van der Waals surface area contributed by atoms with Crippen molar-refractivity contribution in [1.82, 2.24) is 4.90 Å². The Kier molecular flexibility index (Phi) is 4.77. The molecule has 0 radical (unpaired) electrons. The molecule has 88 valence electrons. The number of hydrogen-bond donors (Lipinski definition) is 0. The van der Waals surface area contributed by atoms with Gasteiger partial charge in [0.2, 0.25) is 5.91 Å². The van der Waals surface area contributed by atoms with Gasteiger partial charge in [-0.1, -0.05) is 13.3 Å². The van der Waals surface area contributed by atoms with Gasteiger partial charge >= 0.3 is 7.60 Å². The van der Waals surface area contributed by atoms with Crippen molar-refractivity contribution in [2.24, 2.45) is 0 Å². The monoisotopic (exact) mass is 235 g/mol. The molecule has 0 bridgehead atoms. The summed E-state index contributed by atoms with van der Waals surface area (Å²) in [6, 6.07) is 0. The van der Waals surface area contributed by atoms with Gasteiger partial charge in [-0.2, -0.15) is 0 Å². The Morgan fingerprint density at radius 1 is 1.53 bits per heavy atom. The highest BCUT2D eigenvalue weighted by atomic mass is 31.2. The van der Waals surface area contributed by atoms with Crippen molar-refractivity contribution in [3.8, 4) is 0 Å². The van der Waals surface area contributed by atoms with Crippen LogP contribution in [0.1, 0.15) is 26.7 Å². The Hall–Kier alpha value is -0.380. The summed E-state index contributed by atoms with van der Waals surface area (Å²) in [4.78, 5) is 13.0. The minimum Gasteiger partial charge on any atom is -0.329 e. The zero-order chi connectivity index (χ0) is 11.3. The fourth-order valence-corrected chi connectivity index (χ4v) is 3.05. The van der Waals surface area contributed by atoms with Crippen LogP contribution in [0.2, 0.25) is 0 Å². The van der Waals surface area contributed by atoms with Crippen molar-refractivity contribution in [2.45, 2.75) is 26.7 Å². The lowest BCUT2D eigenvalue weighted by molar-refractivity contribution is -0.135. The third-order valence-corrected chi connectivity index (χ3v) is 4.05. The van der Waals surface area contributed by atoms with Gasteiger partial charge < -0.3 is 9.42 Å². The minimum absolute atomic E-state index is 0.0969. The van der Waals surface area contributed by atoms with Crippen LogP contribution in [-0.2, 0) is 18.4 Å². The van der Waals surface area contributed by atoms with Crippen LogP contribution in [0.15, 0.2) is 0 Å². The normalized spacial score (nSPS) is 27.1. The van der Waals surface area contributed by atoms with Gasteiger partial charge in [0.25, 0.3) is 0 Å². The maximum Gasteiger partial charge on any atom is 0.350 e. The molecule has 15 heavy (non-hydrogen) atoms. The molecule has 0 aromatic carbocycles. The highest BCUT2D eigenvalue weighted by Crippen LogP contribution is 2.50. The molecule has 0 spiro atoms. The molecule has 1 saturated heterocycles. The molecule has 6 heteroatoms. The van der Waals surface area contributed by atoms with E-state index in [1.165, 1.54) is 0 Å². The topological polar surface area (TPSA) is 55.8 Å². The Balaban J connectivity index is 2.55. The van der Waals surface area contributed by atoms with Crippen LogP contribution < -0.4 is 0 Å². The predicted octanol–water partition coefficient (Wildman–Crippen LogP) is 1.83. The molecule has 1 unspecified atom stereocenters. The van der Waals surface area contributed by atoms with Crippen LogP contribution in [0.3, 0.4) is 0 Å². The Morgan fingerprint density at radius 3 is 2.87 bits per heavy atom. The highest BCUT2D eigenvalue weighted by molar-refractivity contribution is 7.53. The third kappa shape index (κ3) is 3.59. The van der Waals surface area contributed by atoms with E-state index in [-0.39, 0.29) is 18.8 Å². The summed E-state index contributed by atoms with van der Waals surface area (Å²) in [7, 11) is -3.04. The smallest absolute Gasteiger partial charge is 0.329 e. The number of hydrogen-bond acceptors (Lipinski definition) is 4. The summed E-state index contributed by atoms with van der Waals surface area (Å²) in [6.07, 6.45) is 2.01. The van der Waals surface area contributed by atoms with Gasteiger partial charge in [0.15, 0.2) is 0 Å². The Morgan fingerprint density at radius 2 is 2.27 bits per heavy atom. The lowest BCUT2D eigenvalue weighted by Gasteiger charge is -2.31. The second kappa shape index (κ2) is 5.64. The van der Waals surface area contributed by atoms with E-state index < -0.39 is 7.60 Å². The second-order valence-electron chi connectivity index (χ2n) is 3.45. The SMILES string of the molecule is CCCCN1CP(=O)(OCC)OCC1=O. The summed E-state index contributed by atoms with van der Waals surface area (Å²) in [6.45, 7) is 4.66. The van der Waals surface area contributed by atoms with Crippen LogP contribution in [0.4, 0.5) is 0 Å². The van der Waals surface area contributed by atoms with E-state index in [0.29, 0.717) is 13.2 Å². The first-order chi connectivity index (χ1) is 7.11. The average molecular weight is 235 g/mol. The van der Waals surface area contributed by atoms with Gasteiger partial charge in [0.1, 0.15) is 12.9 Å². The summed E-state index contributed by atoms with van der Waals surface area (Å²) in [5.74, 6) is -0.102. The maximum atomic E-state index is 11.9. The molecule has 1 heterocycles. The molecule has 0 aromatic heterocycles. The molecule has 1 atom stereocenters. The number of nitrogens with zero attached hydrogens (tertiary/aromatic N) is 1. The largest absolute Gasteiger partial charge is 0.350 e. The number of carbonyl (C=O) groups excluding carboxylic acids is 1. The first-order valence-corrected chi connectivity index (χ1v) is 7.00. The molecule has 1 aliphatic rings. The molecule has 0 saturated carbocycles. The van der Waals surface area contributed by atoms with E-state index in [9.17, 15) is 9.36 Å². The zero-order valence-corrected chi connectivity index (χ0v) is 10.2. The lowest BCUT2D eigenvalue weighted by atomic mass is 10.3. The summed E-state index contributed by atoms with van der Waals surface area (Å²) in [5.41, 5.74) is 0. The molecule has 0 N–H and O–H groups in total. The maximum absolute atomic E-state index is 11.9. The molecule has 0 aliphatic carbocycles. The van der Waals surface area contributed by atoms with E-state index in [0.717, 1.165) is 12.8 Å². The van der Waals surface area contributed by atoms with Crippen molar-refractivity contribution in [1.29, 1.82) is 0 Å². The van der Waals surface area contributed by atoms with Gasteiger partial charge in [0.05, 0.1) is 6.61 Å². The molecule has 1 amide bonds. The molecule has 1 rings (SSSR count). The van der Waals surface area contributed by atoms with Crippen molar-refractivity contribution in [2.75, 3.05) is 26.0 Å². The number of amides is 1. The zero-order valence-electron chi connectivity index (χ0n) is 9.27. The van der Waals surface area contributed by atoms with Crippen molar-refractivity contribution < 1.29 is 18.4 Å². The number of unbranched alkanes of at least 4 members (excludes halogenated alkanes) is 1. The van der Waals surface area contributed by atoms with E-state index in [1.54, 1.807) is 11.8 Å². The molecular weight excluding hydrogens is 217 g/mol. The lowest BCUT2D eigenvalue weighted by Crippen LogP contribution is -2.40. The molecule has 1 fully saturated rings. The van der Waals surface area contributed by atoms with E-state index in [1.807, 2.05) is 6.92 Å². The van der Waals surface area contributed by atoms with E-state index in [4.69, 9.17) is 9.05 Å². The highest BCUT2D eigenvalue weighted by Gasteiger charge is 2.35. The Labute approximate surface area is 90.3 Å².